The minimum Gasteiger partial charge on any atom is -0.497 e. The topological polar surface area (TPSA) is 89.9 Å². The number of nitriles is 1. The van der Waals surface area contributed by atoms with Crippen molar-refractivity contribution in [3.05, 3.63) is 50.8 Å². The Balaban J connectivity index is 2.74. The van der Waals surface area contributed by atoms with Crippen LogP contribution in [-0.4, -0.2) is 21.5 Å². The molecule has 1 heterocycles. The van der Waals surface area contributed by atoms with Crippen molar-refractivity contribution in [2.45, 2.75) is 19.9 Å². The van der Waals surface area contributed by atoms with Crippen LogP contribution in [0, 0.1) is 11.3 Å². The fourth-order valence-corrected chi connectivity index (χ4v) is 1.92. The van der Waals surface area contributed by atoms with Gasteiger partial charge in [-0.3, -0.25) is 9.36 Å². The molecular formula is C14H14N4O3. The molecule has 0 aliphatic carbocycles. The molecule has 0 aliphatic heterocycles. The third kappa shape index (κ3) is 2.69. The van der Waals surface area contributed by atoms with E-state index in [2.05, 4.69) is 5.10 Å². The van der Waals surface area contributed by atoms with Crippen LogP contribution in [0.1, 0.15) is 19.0 Å². The molecule has 21 heavy (non-hydrogen) atoms. The highest BCUT2D eigenvalue weighted by Gasteiger charge is 2.13. The molecule has 0 fully saturated rings. The first kappa shape index (κ1) is 14.5. The van der Waals surface area contributed by atoms with Crippen LogP contribution < -0.4 is 16.0 Å². The summed E-state index contributed by atoms with van der Waals surface area (Å²) in [6.07, 6.45) is 0.599. The van der Waals surface area contributed by atoms with Crippen molar-refractivity contribution in [2.24, 2.45) is 0 Å². The molecule has 7 nitrogen and oxygen atoms in total. The van der Waals surface area contributed by atoms with Gasteiger partial charge in [0.1, 0.15) is 11.8 Å². The lowest BCUT2D eigenvalue weighted by Gasteiger charge is -2.09. The number of benzene rings is 1. The van der Waals surface area contributed by atoms with E-state index < -0.39 is 11.2 Å². The first-order chi connectivity index (χ1) is 10.1. The van der Waals surface area contributed by atoms with Crippen LogP contribution in [0.5, 0.6) is 5.75 Å². The Hall–Kier alpha value is -2.88. The minimum absolute atomic E-state index is 0.235. The number of rotatable bonds is 4. The van der Waals surface area contributed by atoms with E-state index >= 15 is 0 Å². The highest BCUT2D eigenvalue weighted by Crippen LogP contribution is 2.14. The smallest absolute Gasteiger partial charge is 0.352 e. The molecule has 0 N–H and O–H groups in total. The summed E-state index contributed by atoms with van der Waals surface area (Å²) in [5.74, 6) is 0.549. The summed E-state index contributed by atoms with van der Waals surface area (Å²) in [7, 11) is 1.51. The minimum atomic E-state index is -0.663. The predicted molar refractivity (Wildman–Crippen MR) is 75.7 cm³/mol. The van der Waals surface area contributed by atoms with Crippen molar-refractivity contribution in [1.29, 1.82) is 5.26 Å². The Morgan fingerprint density at radius 3 is 2.76 bits per heavy atom. The van der Waals surface area contributed by atoms with E-state index in [4.69, 9.17) is 10.00 Å². The van der Waals surface area contributed by atoms with Gasteiger partial charge < -0.3 is 4.74 Å². The van der Waals surface area contributed by atoms with Gasteiger partial charge in [0.05, 0.1) is 12.8 Å². The van der Waals surface area contributed by atoms with Crippen LogP contribution in [0.4, 0.5) is 0 Å². The summed E-state index contributed by atoms with van der Waals surface area (Å²) in [6.45, 7) is 2.08. The summed E-state index contributed by atoms with van der Waals surface area (Å²) in [5, 5.41) is 12.8. The third-order valence-electron chi connectivity index (χ3n) is 2.91. The summed E-state index contributed by atoms with van der Waals surface area (Å²) in [6, 6.07) is 8.41. The quantitative estimate of drug-likeness (QED) is 0.824. The Morgan fingerprint density at radius 2 is 2.14 bits per heavy atom. The zero-order valence-electron chi connectivity index (χ0n) is 11.7. The van der Waals surface area contributed by atoms with E-state index in [9.17, 15) is 9.59 Å². The van der Waals surface area contributed by atoms with Crippen LogP contribution >= 0.6 is 0 Å². The van der Waals surface area contributed by atoms with E-state index in [1.807, 2.05) is 6.92 Å². The van der Waals surface area contributed by atoms with Crippen LogP contribution in [0.15, 0.2) is 33.9 Å². The zero-order valence-corrected chi connectivity index (χ0v) is 11.7. The summed E-state index contributed by atoms with van der Waals surface area (Å²) < 4.78 is 7.16. The number of aromatic nitrogens is 3. The first-order valence-electron chi connectivity index (χ1n) is 6.41. The van der Waals surface area contributed by atoms with Crippen LogP contribution in [0.3, 0.4) is 0 Å². The highest BCUT2D eigenvalue weighted by atomic mass is 16.5. The van der Waals surface area contributed by atoms with Gasteiger partial charge in [-0.25, -0.2) is 4.79 Å². The lowest BCUT2D eigenvalue weighted by atomic mass is 10.3. The lowest BCUT2D eigenvalue weighted by Crippen LogP contribution is -2.42. The molecule has 0 atom stereocenters. The molecule has 0 radical (unpaired) electrons. The van der Waals surface area contributed by atoms with Crippen LogP contribution in [0.25, 0.3) is 5.69 Å². The molecule has 2 aromatic rings. The largest absolute Gasteiger partial charge is 0.497 e. The number of methoxy groups -OCH3 is 1. The van der Waals surface area contributed by atoms with Crippen LogP contribution in [-0.2, 0) is 6.54 Å². The number of nitrogens with zero attached hydrogens (tertiary/aromatic N) is 4. The van der Waals surface area contributed by atoms with Crippen molar-refractivity contribution in [2.75, 3.05) is 7.11 Å². The maximum Gasteiger partial charge on any atom is 0.352 e. The van der Waals surface area contributed by atoms with Crippen molar-refractivity contribution < 1.29 is 4.74 Å². The molecule has 1 aromatic carbocycles. The van der Waals surface area contributed by atoms with Crippen molar-refractivity contribution in [3.8, 4) is 17.5 Å². The summed E-state index contributed by atoms with van der Waals surface area (Å²) in [4.78, 5) is 24.3. The molecule has 0 saturated carbocycles. The van der Waals surface area contributed by atoms with Gasteiger partial charge in [-0.15, -0.1) is 5.10 Å². The molecule has 0 spiro atoms. The molecule has 7 heteroatoms. The van der Waals surface area contributed by atoms with E-state index in [-0.39, 0.29) is 12.2 Å². The zero-order chi connectivity index (χ0) is 15.4. The maximum absolute atomic E-state index is 12.4. The fourth-order valence-electron chi connectivity index (χ4n) is 1.92. The monoisotopic (exact) mass is 286 g/mol. The predicted octanol–water partition coefficient (Wildman–Crippen LogP) is 0.684. The van der Waals surface area contributed by atoms with Gasteiger partial charge in [0, 0.05) is 12.6 Å². The van der Waals surface area contributed by atoms with Crippen molar-refractivity contribution >= 4 is 0 Å². The Labute approximate surface area is 120 Å². The number of ether oxygens (including phenoxy) is 1. The van der Waals surface area contributed by atoms with Gasteiger partial charge in [-0.2, -0.15) is 9.94 Å². The van der Waals surface area contributed by atoms with Gasteiger partial charge in [-0.1, -0.05) is 13.0 Å². The molecule has 0 bridgehead atoms. The molecule has 2 rings (SSSR count). The molecular weight excluding hydrogens is 272 g/mol. The molecule has 0 unspecified atom stereocenters. The normalized spacial score (nSPS) is 10.1. The number of hydrogen-bond acceptors (Lipinski definition) is 5. The molecule has 108 valence electrons. The van der Waals surface area contributed by atoms with Gasteiger partial charge in [0.25, 0.3) is 5.56 Å². The SMILES string of the molecule is CCCn1c(=O)c(C#N)nn(-c2cccc(OC)c2)c1=O. The third-order valence-corrected chi connectivity index (χ3v) is 2.91. The maximum atomic E-state index is 12.4. The Kier molecular flexibility index (Phi) is 4.18. The average molecular weight is 286 g/mol. The molecule has 0 saturated heterocycles. The van der Waals surface area contributed by atoms with Crippen LogP contribution in [0.2, 0.25) is 0 Å². The van der Waals surface area contributed by atoms with E-state index in [0.717, 1.165) is 9.25 Å². The molecule has 1 aromatic heterocycles. The second kappa shape index (κ2) is 6.05. The summed E-state index contributed by atoms with van der Waals surface area (Å²) in [5.41, 5.74) is -1.12. The summed E-state index contributed by atoms with van der Waals surface area (Å²) >= 11 is 0. The highest BCUT2D eigenvalue weighted by molar-refractivity contribution is 5.38. The first-order valence-corrected chi connectivity index (χ1v) is 6.41. The van der Waals surface area contributed by atoms with E-state index in [1.54, 1.807) is 30.3 Å². The van der Waals surface area contributed by atoms with Gasteiger partial charge in [0.2, 0.25) is 5.69 Å². The van der Waals surface area contributed by atoms with E-state index in [1.165, 1.54) is 7.11 Å². The Morgan fingerprint density at radius 1 is 1.38 bits per heavy atom. The fraction of sp³-hybridized carbons (Fsp3) is 0.286. The lowest BCUT2D eigenvalue weighted by molar-refractivity contribution is 0.414. The molecule has 0 aliphatic rings. The molecule has 0 amide bonds. The van der Waals surface area contributed by atoms with Crippen molar-refractivity contribution in [1.82, 2.24) is 14.3 Å². The average Bonchev–Trinajstić information content (AvgIpc) is 2.51. The van der Waals surface area contributed by atoms with E-state index in [0.29, 0.717) is 17.9 Å². The standard InChI is InChI=1S/C14H14N4O3/c1-3-7-17-13(19)12(9-15)16-18(14(17)20)10-5-4-6-11(8-10)21-2/h4-6,8H,3,7H2,1-2H3. The van der Waals surface area contributed by atoms with Gasteiger partial charge >= 0.3 is 5.69 Å². The van der Waals surface area contributed by atoms with Gasteiger partial charge in [0.15, 0.2) is 0 Å². The van der Waals surface area contributed by atoms with Gasteiger partial charge in [-0.05, 0) is 18.6 Å². The second-order valence-electron chi connectivity index (χ2n) is 4.31. The number of hydrogen-bond donors (Lipinski definition) is 0. The van der Waals surface area contributed by atoms with Crippen molar-refractivity contribution in [3.63, 3.8) is 0 Å². The second-order valence-corrected chi connectivity index (χ2v) is 4.31. The Bertz CT molecular complexity index is 814.